The lowest BCUT2D eigenvalue weighted by Crippen LogP contribution is -2.36. The van der Waals surface area contributed by atoms with Crippen LogP contribution in [0.1, 0.15) is 13.3 Å². The maximum absolute atomic E-state index is 8.77. The predicted molar refractivity (Wildman–Crippen MR) is 44.5 cm³/mol. The quantitative estimate of drug-likeness (QED) is 0.598. The lowest BCUT2D eigenvalue weighted by atomic mass is 9.93. The van der Waals surface area contributed by atoms with Gasteiger partial charge < -0.3 is 10.4 Å². The molecule has 0 amide bonds. The minimum Gasteiger partial charge on any atom is -0.396 e. The molecule has 1 saturated heterocycles. The summed E-state index contributed by atoms with van der Waals surface area (Å²) in [6.45, 7) is 4.68. The molecule has 0 aliphatic carbocycles. The van der Waals surface area contributed by atoms with E-state index in [0.717, 1.165) is 19.0 Å². The topological polar surface area (TPSA) is 32.3 Å². The highest BCUT2D eigenvalue weighted by Gasteiger charge is 2.16. The van der Waals surface area contributed by atoms with Crippen molar-refractivity contribution in [2.45, 2.75) is 13.3 Å². The van der Waals surface area contributed by atoms with E-state index in [9.17, 15) is 0 Å². The molecule has 0 saturated carbocycles. The Bertz CT molecular complexity index is 89.7. The van der Waals surface area contributed by atoms with E-state index in [1.54, 1.807) is 0 Å². The highest BCUT2D eigenvalue weighted by molar-refractivity contribution is 5.85. The van der Waals surface area contributed by atoms with Gasteiger partial charge >= 0.3 is 0 Å². The van der Waals surface area contributed by atoms with E-state index in [1.807, 2.05) is 0 Å². The zero-order chi connectivity index (χ0) is 6.69. The Labute approximate surface area is 68.4 Å². The van der Waals surface area contributed by atoms with Gasteiger partial charge in [-0.3, -0.25) is 0 Å². The molecule has 1 heterocycles. The SMILES string of the molecule is CC1CNCC(CO)C1.Cl. The number of nitrogens with one attached hydrogen (secondary N) is 1. The Balaban J connectivity index is 0.000000810. The lowest BCUT2D eigenvalue weighted by molar-refractivity contribution is 0.177. The summed E-state index contributed by atoms with van der Waals surface area (Å²) in [6, 6.07) is 0. The number of rotatable bonds is 1. The van der Waals surface area contributed by atoms with E-state index in [1.165, 1.54) is 6.42 Å². The zero-order valence-electron chi connectivity index (χ0n) is 6.34. The molecule has 2 unspecified atom stereocenters. The lowest BCUT2D eigenvalue weighted by Gasteiger charge is -2.25. The minimum atomic E-state index is 0. The standard InChI is InChI=1S/C7H15NO.ClH/c1-6-2-7(5-9)4-8-3-6;/h6-9H,2-5H2,1H3;1H. The van der Waals surface area contributed by atoms with Gasteiger partial charge in [-0.15, -0.1) is 12.4 Å². The molecule has 1 fully saturated rings. The summed E-state index contributed by atoms with van der Waals surface area (Å²) < 4.78 is 0. The fourth-order valence-corrected chi connectivity index (χ4v) is 1.41. The molecule has 0 spiro atoms. The molecule has 3 heteroatoms. The van der Waals surface area contributed by atoms with Crippen LogP contribution in [0.2, 0.25) is 0 Å². The van der Waals surface area contributed by atoms with Crippen LogP contribution < -0.4 is 5.32 Å². The highest BCUT2D eigenvalue weighted by atomic mass is 35.5. The molecule has 0 radical (unpaired) electrons. The first kappa shape index (κ1) is 10.2. The normalized spacial score (nSPS) is 33.0. The summed E-state index contributed by atoms with van der Waals surface area (Å²) in [5.41, 5.74) is 0. The van der Waals surface area contributed by atoms with Gasteiger partial charge in [0.2, 0.25) is 0 Å². The number of hydrogen-bond acceptors (Lipinski definition) is 2. The van der Waals surface area contributed by atoms with Crippen LogP contribution in [0.4, 0.5) is 0 Å². The third-order valence-corrected chi connectivity index (χ3v) is 1.92. The van der Waals surface area contributed by atoms with Gasteiger partial charge in [0.05, 0.1) is 0 Å². The maximum atomic E-state index is 8.77. The van der Waals surface area contributed by atoms with Crippen molar-refractivity contribution >= 4 is 12.4 Å². The monoisotopic (exact) mass is 165 g/mol. The van der Waals surface area contributed by atoms with Gasteiger partial charge in [-0.25, -0.2) is 0 Å². The number of piperidine rings is 1. The van der Waals surface area contributed by atoms with Gasteiger partial charge in [0.25, 0.3) is 0 Å². The fourth-order valence-electron chi connectivity index (χ4n) is 1.41. The summed E-state index contributed by atoms with van der Waals surface area (Å²) in [7, 11) is 0. The molecule has 2 N–H and O–H groups in total. The Hall–Kier alpha value is 0.210. The molecule has 1 aliphatic heterocycles. The fraction of sp³-hybridized carbons (Fsp3) is 1.00. The molecule has 0 aromatic heterocycles. The summed E-state index contributed by atoms with van der Waals surface area (Å²) >= 11 is 0. The van der Waals surface area contributed by atoms with E-state index in [-0.39, 0.29) is 12.4 Å². The molecule has 2 atom stereocenters. The third-order valence-electron chi connectivity index (χ3n) is 1.92. The van der Waals surface area contributed by atoms with Gasteiger partial charge in [-0.05, 0) is 24.8 Å². The van der Waals surface area contributed by atoms with Gasteiger partial charge in [0.1, 0.15) is 0 Å². The van der Waals surface area contributed by atoms with Crippen molar-refractivity contribution in [1.82, 2.24) is 5.32 Å². The molecule has 1 rings (SSSR count). The van der Waals surface area contributed by atoms with Gasteiger partial charge in [-0.1, -0.05) is 6.92 Å². The second kappa shape index (κ2) is 4.94. The number of halogens is 1. The molecule has 62 valence electrons. The van der Waals surface area contributed by atoms with E-state index in [2.05, 4.69) is 12.2 Å². The molecule has 0 aromatic rings. The van der Waals surface area contributed by atoms with Crippen LogP contribution in [0.5, 0.6) is 0 Å². The van der Waals surface area contributed by atoms with Crippen molar-refractivity contribution in [2.75, 3.05) is 19.7 Å². The molecular weight excluding hydrogens is 150 g/mol. The average molecular weight is 166 g/mol. The van der Waals surface area contributed by atoms with E-state index in [0.29, 0.717) is 12.5 Å². The average Bonchev–Trinajstić information content (AvgIpc) is 1.88. The van der Waals surface area contributed by atoms with Crippen LogP contribution in [0.3, 0.4) is 0 Å². The number of hydrogen-bond donors (Lipinski definition) is 2. The first-order valence-electron chi connectivity index (χ1n) is 3.64. The molecular formula is C7H16ClNO. The largest absolute Gasteiger partial charge is 0.396 e. The summed E-state index contributed by atoms with van der Waals surface area (Å²) in [6.07, 6.45) is 1.18. The van der Waals surface area contributed by atoms with Gasteiger partial charge in [0.15, 0.2) is 0 Å². The first-order chi connectivity index (χ1) is 4.33. The summed E-state index contributed by atoms with van der Waals surface area (Å²) in [5.74, 6) is 1.25. The molecule has 0 aromatic carbocycles. The van der Waals surface area contributed by atoms with Crippen molar-refractivity contribution in [1.29, 1.82) is 0 Å². The van der Waals surface area contributed by atoms with Crippen molar-refractivity contribution in [3.63, 3.8) is 0 Å². The second-order valence-corrected chi connectivity index (χ2v) is 3.05. The predicted octanol–water partition coefficient (Wildman–Crippen LogP) is 0.646. The Morgan fingerprint density at radius 3 is 2.60 bits per heavy atom. The van der Waals surface area contributed by atoms with Crippen LogP contribution >= 0.6 is 12.4 Å². The molecule has 2 nitrogen and oxygen atoms in total. The molecule has 10 heavy (non-hydrogen) atoms. The third kappa shape index (κ3) is 2.86. The Kier molecular flexibility index (Phi) is 5.04. The van der Waals surface area contributed by atoms with E-state index in [4.69, 9.17) is 5.11 Å². The second-order valence-electron chi connectivity index (χ2n) is 3.05. The maximum Gasteiger partial charge on any atom is 0.0471 e. The van der Waals surface area contributed by atoms with Crippen LogP contribution in [0.25, 0.3) is 0 Å². The van der Waals surface area contributed by atoms with Crippen LogP contribution in [-0.2, 0) is 0 Å². The van der Waals surface area contributed by atoms with Crippen LogP contribution in [0.15, 0.2) is 0 Å². The van der Waals surface area contributed by atoms with Gasteiger partial charge in [0, 0.05) is 13.2 Å². The van der Waals surface area contributed by atoms with Gasteiger partial charge in [-0.2, -0.15) is 0 Å². The minimum absolute atomic E-state index is 0. The first-order valence-corrected chi connectivity index (χ1v) is 3.64. The zero-order valence-corrected chi connectivity index (χ0v) is 7.16. The van der Waals surface area contributed by atoms with E-state index < -0.39 is 0 Å². The number of aliphatic hydroxyl groups is 1. The Morgan fingerprint density at radius 1 is 1.50 bits per heavy atom. The van der Waals surface area contributed by atoms with E-state index >= 15 is 0 Å². The molecule has 0 bridgehead atoms. The van der Waals surface area contributed by atoms with Crippen LogP contribution in [-0.4, -0.2) is 24.8 Å². The summed E-state index contributed by atoms with van der Waals surface area (Å²) in [5, 5.41) is 12.0. The van der Waals surface area contributed by atoms with Crippen molar-refractivity contribution in [3.05, 3.63) is 0 Å². The van der Waals surface area contributed by atoms with Crippen molar-refractivity contribution in [3.8, 4) is 0 Å². The molecule has 1 aliphatic rings. The highest BCUT2D eigenvalue weighted by Crippen LogP contribution is 2.14. The smallest absolute Gasteiger partial charge is 0.0471 e. The number of aliphatic hydroxyl groups excluding tert-OH is 1. The van der Waals surface area contributed by atoms with Crippen molar-refractivity contribution in [2.24, 2.45) is 11.8 Å². The van der Waals surface area contributed by atoms with Crippen LogP contribution in [0, 0.1) is 11.8 Å². The van der Waals surface area contributed by atoms with Crippen molar-refractivity contribution < 1.29 is 5.11 Å². The Morgan fingerprint density at radius 2 is 2.20 bits per heavy atom. The summed E-state index contributed by atoms with van der Waals surface area (Å²) in [4.78, 5) is 0.